The van der Waals surface area contributed by atoms with Gasteiger partial charge in [-0.15, -0.1) is 11.6 Å². The van der Waals surface area contributed by atoms with Crippen molar-refractivity contribution >= 4 is 17.5 Å². The van der Waals surface area contributed by atoms with Gasteiger partial charge >= 0.3 is 0 Å². The summed E-state index contributed by atoms with van der Waals surface area (Å²) in [6.07, 6.45) is 2.24. The van der Waals surface area contributed by atoms with Crippen molar-refractivity contribution in [2.75, 3.05) is 32.2 Å². The highest BCUT2D eigenvalue weighted by atomic mass is 35.5. The van der Waals surface area contributed by atoms with E-state index in [2.05, 4.69) is 10.6 Å². The Kier molecular flexibility index (Phi) is 10.4. The Morgan fingerprint density at radius 3 is 2.88 bits per heavy atom. The molecular weight excluding hydrogens is 242 g/mol. The number of carbonyl (C=O) groups is 1. The van der Waals surface area contributed by atoms with Crippen molar-refractivity contribution in [1.82, 2.24) is 10.6 Å². The molecule has 0 heterocycles. The highest BCUT2D eigenvalue weighted by molar-refractivity contribution is 6.18. The van der Waals surface area contributed by atoms with E-state index in [1.807, 2.05) is 13.0 Å². The van der Waals surface area contributed by atoms with E-state index < -0.39 is 5.91 Å². The van der Waals surface area contributed by atoms with Gasteiger partial charge in [-0.2, -0.15) is 5.26 Å². The molecule has 0 radical (unpaired) electrons. The van der Waals surface area contributed by atoms with Crippen LogP contribution < -0.4 is 10.6 Å². The molecule has 96 valence electrons. The molecule has 0 aromatic heterocycles. The van der Waals surface area contributed by atoms with E-state index in [9.17, 15) is 4.79 Å². The number of hydrogen-bond acceptors (Lipinski definition) is 4. The zero-order valence-electron chi connectivity index (χ0n) is 9.96. The van der Waals surface area contributed by atoms with Crippen molar-refractivity contribution < 1.29 is 9.53 Å². The first-order chi connectivity index (χ1) is 8.26. The molecule has 17 heavy (non-hydrogen) atoms. The number of alkyl halides is 1. The summed E-state index contributed by atoms with van der Waals surface area (Å²) in [5.74, 6) is -0.0860. The van der Waals surface area contributed by atoms with E-state index in [0.29, 0.717) is 32.2 Å². The smallest absolute Gasteiger partial charge is 0.263 e. The number of halogens is 1. The molecule has 0 aromatic carbocycles. The molecule has 0 bridgehead atoms. The van der Waals surface area contributed by atoms with E-state index in [1.165, 1.54) is 6.20 Å². The third kappa shape index (κ3) is 8.55. The first-order valence-corrected chi connectivity index (χ1v) is 6.05. The number of nitrogens with zero attached hydrogens (tertiary/aromatic N) is 1. The summed E-state index contributed by atoms with van der Waals surface area (Å²) < 4.78 is 5.15. The first-order valence-electron chi connectivity index (χ1n) is 5.51. The lowest BCUT2D eigenvalue weighted by Crippen LogP contribution is -2.27. The van der Waals surface area contributed by atoms with Crippen LogP contribution >= 0.6 is 11.6 Å². The molecule has 0 saturated heterocycles. The van der Waals surface area contributed by atoms with Crippen LogP contribution in [0, 0.1) is 11.3 Å². The van der Waals surface area contributed by atoms with Gasteiger partial charge in [0, 0.05) is 38.4 Å². The molecule has 0 aliphatic carbocycles. The molecule has 5 nitrogen and oxygen atoms in total. The molecule has 0 aliphatic heterocycles. The molecule has 0 atom stereocenters. The molecule has 0 aliphatic rings. The summed E-state index contributed by atoms with van der Waals surface area (Å²) in [6.45, 7) is 4.30. The second-order valence-corrected chi connectivity index (χ2v) is 3.50. The Balaban J connectivity index is 3.85. The maximum Gasteiger partial charge on any atom is 0.263 e. The average Bonchev–Trinajstić information content (AvgIpc) is 2.35. The van der Waals surface area contributed by atoms with Crippen molar-refractivity contribution in [2.24, 2.45) is 0 Å². The summed E-state index contributed by atoms with van der Waals surface area (Å²) in [7, 11) is 0. The monoisotopic (exact) mass is 259 g/mol. The van der Waals surface area contributed by atoms with Crippen molar-refractivity contribution in [3.8, 4) is 6.07 Å². The zero-order valence-corrected chi connectivity index (χ0v) is 10.7. The van der Waals surface area contributed by atoms with Gasteiger partial charge in [0.15, 0.2) is 0 Å². The Morgan fingerprint density at radius 1 is 1.53 bits per heavy atom. The fourth-order valence-electron chi connectivity index (χ4n) is 0.999. The summed E-state index contributed by atoms with van der Waals surface area (Å²) in [5.41, 5.74) is 0.0477. The van der Waals surface area contributed by atoms with Gasteiger partial charge < -0.3 is 15.4 Å². The van der Waals surface area contributed by atoms with E-state index in [0.717, 1.165) is 6.42 Å². The maximum absolute atomic E-state index is 11.4. The minimum absolute atomic E-state index is 0.0477. The Labute approximate surface area is 107 Å². The topological polar surface area (TPSA) is 74.1 Å². The molecule has 0 spiro atoms. The number of carbonyl (C=O) groups excluding carboxylic acids is 1. The fraction of sp³-hybridized carbons (Fsp3) is 0.636. The molecule has 0 unspecified atom stereocenters. The number of nitriles is 1. The summed E-state index contributed by atoms with van der Waals surface area (Å²) in [4.78, 5) is 11.4. The normalized spacial score (nSPS) is 10.8. The standard InChI is InChI=1S/C11H18ClN3O2/c1-2-17-7-3-5-14-9-10(8-13)11(16)15-6-4-12/h9,14H,2-7H2,1H3,(H,15,16)/b10-9-. The minimum atomic E-state index is -0.412. The number of ether oxygens (including phenoxy) is 1. The van der Waals surface area contributed by atoms with Crippen LogP contribution in [0.5, 0.6) is 0 Å². The summed E-state index contributed by atoms with van der Waals surface area (Å²) >= 11 is 5.42. The molecular formula is C11H18ClN3O2. The lowest BCUT2D eigenvalue weighted by atomic mass is 10.3. The Hall–Kier alpha value is -1.25. The largest absolute Gasteiger partial charge is 0.390 e. The highest BCUT2D eigenvalue weighted by Gasteiger charge is 2.06. The van der Waals surface area contributed by atoms with Gasteiger partial charge in [0.25, 0.3) is 5.91 Å². The number of nitrogens with one attached hydrogen (secondary N) is 2. The Morgan fingerprint density at radius 2 is 2.29 bits per heavy atom. The second-order valence-electron chi connectivity index (χ2n) is 3.12. The Bertz CT molecular complexity index is 287. The molecule has 0 aromatic rings. The average molecular weight is 260 g/mol. The van der Waals surface area contributed by atoms with Crippen LogP contribution in [-0.4, -0.2) is 38.1 Å². The lowest BCUT2D eigenvalue weighted by molar-refractivity contribution is -0.117. The molecule has 2 N–H and O–H groups in total. The number of rotatable bonds is 9. The van der Waals surface area contributed by atoms with Crippen molar-refractivity contribution in [1.29, 1.82) is 5.26 Å². The van der Waals surface area contributed by atoms with Crippen LogP contribution in [0.3, 0.4) is 0 Å². The highest BCUT2D eigenvalue weighted by Crippen LogP contribution is 1.90. The predicted molar refractivity (Wildman–Crippen MR) is 66.5 cm³/mol. The van der Waals surface area contributed by atoms with Gasteiger partial charge in [-0.25, -0.2) is 0 Å². The van der Waals surface area contributed by atoms with Crippen molar-refractivity contribution in [3.63, 3.8) is 0 Å². The van der Waals surface area contributed by atoms with Gasteiger partial charge in [0.05, 0.1) is 0 Å². The van der Waals surface area contributed by atoms with Crippen molar-refractivity contribution in [2.45, 2.75) is 13.3 Å². The van der Waals surface area contributed by atoms with E-state index in [-0.39, 0.29) is 5.57 Å². The van der Waals surface area contributed by atoms with Gasteiger partial charge in [-0.05, 0) is 13.3 Å². The molecule has 0 saturated carbocycles. The fourth-order valence-corrected chi connectivity index (χ4v) is 1.09. The van der Waals surface area contributed by atoms with Gasteiger partial charge in [0.1, 0.15) is 11.6 Å². The van der Waals surface area contributed by atoms with Crippen LogP contribution in [0.15, 0.2) is 11.8 Å². The quantitative estimate of drug-likeness (QED) is 0.278. The van der Waals surface area contributed by atoms with Crippen LogP contribution in [0.25, 0.3) is 0 Å². The van der Waals surface area contributed by atoms with E-state index in [4.69, 9.17) is 21.6 Å². The number of hydrogen-bond donors (Lipinski definition) is 2. The third-order valence-corrected chi connectivity index (χ3v) is 1.99. The summed E-state index contributed by atoms with van der Waals surface area (Å²) in [5, 5.41) is 14.2. The van der Waals surface area contributed by atoms with Gasteiger partial charge in [0.2, 0.25) is 0 Å². The van der Waals surface area contributed by atoms with Gasteiger partial charge in [-0.3, -0.25) is 4.79 Å². The molecule has 0 fully saturated rings. The second kappa shape index (κ2) is 11.2. The molecule has 1 amide bonds. The molecule has 6 heteroatoms. The summed E-state index contributed by atoms with van der Waals surface area (Å²) in [6, 6.07) is 1.83. The zero-order chi connectivity index (χ0) is 12.9. The predicted octanol–water partition coefficient (Wildman–Crippen LogP) is 0.765. The number of amides is 1. The minimum Gasteiger partial charge on any atom is -0.390 e. The van der Waals surface area contributed by atoms with Gasteiger partial charge in [-0.1, -0.05) is 0 Å². The van der Waals surface area contributed by atoms with E-state index >= 15 is 0 Å². The van der Waals surface area contributed by atoms with Crippen LogP contribution in [0.2, 0.25) is 0 Å². The van der Waals surface area contributed by atoms with Crippen LogP contribution in [-0.2, 0) is 9.53 Å². The first kappa shape index (κ1) is 15.8. The SMILES string of the molecule is CCOCCCN/C=C(/C#N)C(=O)NCCCl. The van der Waals surface area contributed by atoms with Crippen molar-refractivity contribution in [3.05, 3.63) is 11.8 Å². The van der Waals surface area contributed by atoms with Crippen LogP contribution in [0.4, 0.5) is 0 Å². The van der Waals surface area contributed by atoms with Crippen LogP contribution in [0.1, 0.15) is 13.3 Å². The maximum atomic E-state index is 11.4. The van der Waals surface area contributed by atoms with E-state index in [1.54, 1.807) is 0 Å². The molecule has 0 rings (SSSR count). The third-order valence-electron chi connectivity index (χ3n) is 1.81. The lowest BCUT2D eigenvalue weighted by Gasteiger charge is -2.03.